The molecule has 0 saturated carbocycles. The number of hydrogen-bond acceptors (Lipinski definition) is 5. The molecule has 2 N–H and O–H groups in total. The van der Waals surface area contributed by atoms with Crippen molar-refractivity contribution in [3.63, 3.8) is 0 Å². The Hall–Kier alpha value is -3.09. The predicted molar refractivity (Wildman–Crippen MR) is 113 cm³/mol. The first kappa shape index (κ1) is 20.6. The molecule has 7 heteroatoms. The first-order valence-corrected chi connectivity index (χ1v) is 9.99. The van der Waals surface area contributed by atoms with Crippen molar-refractivity contribution in [1.29, 1.82) is 0 Å². The van der Waals surface area contributed by atoms with Gasteiger partial charge in [0.15, 0.2) is 0 Å². The van der Waals surface area contributed by atoms with Gasteiger partial charge in [0.2, 0.25) is 0 Å². The van der Waals surface area contributed by atoms with Crippen molar-refractivity contribution in [2.75, 3.05) is 30.3 Å². The largest absolute Gasteiger partial charge is 0.450 e. The molecule has 7 nitrogen and oxygen atoms in total. The highest BCUT2D eigenvalue weighted by Gasteiger charge is 2.23. The summed E-state index contributed by atoms with van der Waals surface area (Å²) in [6.07, 6.45) is 2.99. The second-order valence-corrected chi connectivity index (χ2v) is 7.24. The molecule has 3 rings (SSSR count). The van der Waals surface area contributed by atoms with Crippen molar-refractivity contribution in [3.05, 3.63) is 53.2 Å². The number of carbonyl (C=O) groups excluding carboxylic acids is 2. The first-order chi connectivity index (χ1) is 14.0. The van der Waals surface area contributed by atoms with E-state index in [1.54, 1.807) is 17.2 Å². The standard InChI is InChI=1S/C22H28N4O3/c1-4-29-22(28)26-12-10-18(11-13-26)24-20-9-8-17(14-23-20)21(27)25-19-7-5-6-15(2)16(19)3/h5-9,14,18H,4,10-13H2,1-3H3,(H,23,24)(H,25,27). The van der Waals surface area contributed by atoms with Gasteiger partial charge in [-0.05, 0) is 62.9 Å². The summed E-state index contributed by atoms with van der Waals surface area (Å²) in [4.78, 5) is 30.4. The zero-order valence-electron chi connectivity index (χ0n) is 17.2. The van der Waals surface area contributed by atoms with Crippen LogP contribution in [-0.2, 0) is 4.74 Å². The van der Waals surface area contributed by atoms with Crippen molar-refractivity contribution in [2.45, 2.75) is 39.7 Å². The summed E-state index contributed by atoms with van der Waals surface area (Å²) in [7, 11) is 0. The fourth-order valence-corrected chi connectivity index (χ4v) is 3.32. The molecule has 1 aromatic carbocycles. The molecule has 154 valence electrons. The molecule has 0 spiro atoms. The number of aryl methyl sites for hydroxylation is 1. The van der Waals surface area contributed by atoms with Crippen molar-refractivity contribution >= 4 is 23.5 Å². The molecule has 0 atom stereocenters. The zero-order valence-corrected chi connectivity index (χ0v) is 17.2. The molecule has 1 saturated heterocycles. The number of anilines is 2. The Kier molecular flexibility index (Phi) is 6.69. The number of aromatic nitrogens is 1. The minimum absolute atomic E-state index is 0.180. The van der Waals surface area contributed by atoms with Gasteiger partial charge in [-0.1, -0.05) is 12.1 Å². The first-order valence-electron chi connectivity index (χ1n) is 9.99. The van der Waals surface area contributed by atoms with Crippen LogP contribution in [0.25, 0.3) is 0 Å². The van der Waals surface area contributed by atoms with E-state index in [4.69, 9.17) is 4.74 Å². The number of nitrogens with zero attached hydrogens (tertiary/aromatic N) is 2. The average Bonchev–Trinajstić information content (AvgIpc) is 2.72. The fourth-order valence-electron chi connectivity index (χ4n) is 3.32. The van der Waals surface area contributed by atoms with Crippen LogP contribution < -0.4 is 10.6 Å². The Labute approximate surface area is 171 Å². The SMILES string of the molecule is CCOC(=O)N1CCC(Nc2ccc(C(=O)Nc3cccc(C)c3C)cn2)CC1. The lowest BCUT2D eigenvalue weighted by Gasteiger charge is -2.31. The molecule has 0 bridgehead atoms. The van der Waals surface area contributed by atoms with Gasteiger partial charge in [-0.25, -0.2) is 9.78 Å². The Morgan fingerprint density at radius 2 is 1.93 bits per heavy atom. The van der Waals surface area contributed by atoms with Crippen LogP contribution in [0.2, 0.25) is 0 Å². The molecule has 1 aromatic heterocycles. The molecular weight excluding hydrogens is 368 g/mol. The molecule has 2 amide bonds. The number of nitrogens with one attached hydrogen (secondary N) is 2. The molecular formula is C22H28N4O3. The van der Waals surface area contributed by atoms with Crippen LogP contribution in [0.5, 0.6) is 0 Å². The van der Waals surface area contributed by atoms with Crippen LogP contribution in [-0.4, -0.2) is 47.6 Å². The van der Waals surface area contributed by atoms with Gasteiger partial charge in [-0.2, -0.15) is 0 Å². The van der Waals surface area contributed by atoms with E-state index in [2.05, 4.69) is 15.6 Å². The van der Waals surface area contributed by atoms with Crippen molar-refractivity contribution < 1.29 is 14.3 Å². The molecule has 1 aliphatic rings. The van der Waals surface area contributed by atoms with E-state index in [1.165, 1.54) is 0 Å². The van der Waals surface area contributed by atoms with E-state index in [-0.39, 0.29) is 18.0 Å². The summed E-state index contributed by atoms with van der Waals surface area (Å²) in [6.45, 7) is 7.53. The maximum atomic E-state index is 12.5. The minimum Gasteiger partial charge on any atom is -0.450 e. The topological polar surface area (TPSA) is 83.6 Å². The van der Waals surface area contributed by atoms with Crippen molar-refractivity contribution in [1.82, 2.24) is 9.88 Å². The van der Waals surface area contributed by atoms with Crippen LogP contribution in [0.15, 0.2) is 36.5 Å². The fraction of sp³-hybridized carbons (Fsp3) is 0.409. The summed E-state index contributed by atoms with van der Waals surface area (Å²) < 4.78 is 5.04. The van der Waals surface area contributed by atoms with Crippen LogP contribution in [0.3, 0.4) is 0 Å². The van der Waals surface area contributed by atoms with Crippen LogP contribution in [0.4, 0.5) is 16.3 Å². The predicted octanol–water partition coefficient (Wildman–Crippen LogP) is 3.98. The van der Waals surface area contributed by atoms with Crippen molar-refractivity contribution in [3.8, 4) is 0 Å². The third-order valence-corrected chi connectivity index (χ3v) is 5.25. The third kappa shape index (κ3) is 5.25. The van der Waals surface area contributed by atoms with Gasteiger partial charge in [0.05, 0.1) is 12.2 Å². The van der Waals surface area contributed by atoms with Gasteiger partial charge in [0.25, 0.3) is 5.91 Å². The van der Waals surface area contributed by atoms with Gasteiger partial charge in [0.1, 0.15) is 5.82 Å². The third-order valence-electron chi connectivity index (χ3n) is 5.25. The number of benzene rings is 1. The number of piperidine rings is 1. The lowest BCUT2D eigenvalue weighted by Crippen LogP contribution is -2.42. The number of likely N-dealkylation sites (tertiary alicyclic amines) is 1. The molecule has 0 aliphatic carbocycles. The smallest absolute Gasteiger partial charge is 0.409 e. The highest BCUT2D eigenvalue weighted by Crippen LogP contribution is 2.20. The Morgan fingerprint density at radius 1 is 1.17 bits per heavy atom. The maximum absolute atomic E-state index is 12.5. The number of hydrogen-bond donors (Lipinski definition) is 2. The molecule has 1 aliphatic heterocycles. The Morgan fingerprint density at radius 3 is 2.59 bits per heavy atom. The average molecular weight is 396 g/mol. The summed E-state index contributed by atoms with van der Waals surface area (Å²) in [5.74, 6) is 0.545. The highest BCUT2D eigenvalue weighted by atomic mass is 16.6. The van der Waals surface area contributed by atoms with Gasteiger partial charge >= 0.3 is 6.09 Å². The summed E-state index contributed by atoms with van der Waals surface area (Å²) in [5, 5.41) is 6.33. The second kappa shape index (κ2) is 9.41. The molecule has 0 unspecified atom stereocenters. The van der Waals surface area contributed by atoms with Crippen LogP contribution in [0.1, 0.15) is 41.3 Å². The lowest BCUT2D eigenvalue weighted by atomic mass is 10.1. The summed E-state index contributed by atoms with van der Waals surface area (Å²) in [6, 6.07) is 9.66. The summed E-state index contributed by atoms with van der Waals surface area (Å²) in [5.41, 5.74) is 3.51. The zero-order chi connectivity index (χ0) is 20.8. The normalized spacial score (nSPS) is 14.4. The highest BCUT2D eigenvalue weighted by molar-refractivity contribution is 6.04. The van der Waals surface area contributed by atoms with E-state index in [0.29, 0.717) is 25.3 Å². The van der Waals surface area contributed by atoms with Crippen LogP contribution >= 0.6 is 0 Å². The molecule has 29 heavy (non-hydrogen) atoms. The molecule has 2 heterocycles. The Balaban J connectivity index is 1.53. The van der Waals surface area contributed by atoms with E-state index in [9.17, 15) is 9.59 Å². The second-order valence-electron chi connectivity index (χ2n) is 7.24. The van der Waals surface area contributed by atoms with E-state index < -0.39 is 0 Å². The van der Waals surface area contributed by atoms with E-state index in [1.807, 2.05) is 45.0 Å². The van der Waals surface area contributed by atoms with Gasteiger partial charge < -0.3 is 20.3 Å². The number of pyridine rings is 1. The number of carbonyl (C=O) groups is 2. The molecule has 2 aromatic rings. The summed E-state index contributed by atoms with van der Waals surface area (Å²) >= 11 is 0. The van der Waals surface area contributed by atoms with Crippen molar-refractivity contribution in [2.24, 2.45) is 0 Å². The van der Waals surface area contributed by atoms with Gasteiger partial charge in [-0.3, -0.25) is 4.79 Å². The number of ether oxygens (including phenoxy) is 1. The number of rotatable bonds is 5. The monoisotopic (exact) mass is 396 g/mol. The van der Waals surface area contributed by atoms with E-state index in [0.717, 1.165) is 35.5 Å². The van der Waals surface area contributed by atoms with Crippen LogP contribution in [0, 0.1) is 13.8 Å². The number of amides is 2. The molecule has 1 fully saturated rings. The maximum Gasteiger partial charge on any atom is 0.409 e. The van der Waals surface area contributed by atoms with E-state index >= 15 is 0 Å². The lowest BCUT2D eigenvalue weighted by molar-refractivity contribution is 0.0982. The quantitative estimate of drug-likeness (QED) is 0.799. The molecule has 0 radical (unpaired) electrons. The van der Waals surface area contributed by atoms with Gasteiger partial charge in [-0.15, -0.1) is 0 Å². The van der Waals surface area contributed by atoms with Gasteiger partial charge in [0, 0.05) is 31.0 Å². The Bertz CT molecular complexity index is 859. The minimum atomic E-state index is -0.247.